The number of carbonyl (C=O) groups excluding carboxylic acids is 1. The van der Waals surface area contributed by atoms with Crippen LogP contribution in [0, 0.1) is 6.92 Å². The van der Waals surface area contributed by atoms with Crippen LogP contribution >= 0.6 is 11.6 Å². The number of aldehydes is 1. The standard InChI is InChI=1S/C13H18ClN3O2/c1-3-19-10-5-4-6-17(7-10)13-11(8-18)12(14)15-9(2)16-13/h8,10H,3-7H2,1-2H3. The lowest BCUT2D eigenvalue weighted by atomic mass is 10.1. The van der Waals surface area contributed by atoms with E-state index >= 15 is 0 Å². The van der Waals surface area contributed by atoms with Crippen molar-refractivity contribution in [3.63, 3.8) is 0 Å². The molecule has 2 heterocycles. The van der Waals surface area contributed by atoms with Gasteiger partial charge in [-0.15, -0.1) is 0 Å². The summed E-state index contributed by atoms with van der Waals surface area (Å²) in [4.78, 5) is 21.6. The zero-order valence-electron chi connectivity index (χ0n) is 11.2. The average Bonchev–Trinajstić information content (AvgIpc) is 2.38. The van der Waals surface area contributed by atoms with Gasteiger partial charge in [-0.2, -0.15) is 0 Å². The Kier molecular flexibility index (Phi) is 4.71. The van der Waals surface area contributed by atoms with Crippen LogP contribution in [0.1, 0.15) is 35.9 Å². The van der Waals surface area contributed by atoms with Crippen LogP contribution in [0.25, 0.3) is 0 Å². The fourth-order valence-electron chi connectivity index (χ4n) is 2.38. The van der Waals surface area contributed by atoms with E-state index in [2.05, 4.69) is 14.9 Å². The Morgan fingerprint density at radius 1 is 1.53 bits per heavy atom. The molecule has 0 amide bonds. The van der Waals surface area contributed by atoms with E-state index < -0.39 is 0 Å². The molecular formula is C13H18ClN3O2. The van der Waals surface area contributed by atoms with Gasteiger partial charge in [-0.1, -0.05) is 11.6 Å². The molecule has 0 aliphatic carbocycles. The summed E-state index contributed by atoms with van der Waals surface area (Å²) in [5.74, 6) is 1.20. The van der Waals surface area contributed by atoms with Gasteiger partial charge >= 0.3 is 0 Å². The van der Waals surface area contributed by atoms with Gasteiger partial charge < -0.3 is 9.64 Å². The van der Waals surface area contributed by atoms with Gasteiger partial charge in [-0.3, -0.25) is 4.79 Å². The van der Waals surface area contributed by atoms with Crippen molar-refractivity contribution in [1.82, 2.24) is 9.97 Å². The van der Waals surface area contributed by atoms with Crippen LogP contribution in [0.15, 0.2) is 0 Å². The molecule has 19 heavy (non-hydrogen) atoms. The molecule has 1 fully saturated rings. The molecule has 1 saturated heterocycles. The Morgan fingerprint density at radius 3 is 3.00 bits per heavy atom. The van der Waals surface area contributed by atoms with E-state index in [9.17, 15) is 4.79 Å². The Balaban J connectivity index is 2.27. The smallest absolute Gasteiger partial charge is 0.156 e. The van der Waals surface area contributed by atoms with Gasteiger partial charge in [0.15, 0.2) is 6.29 Å². The van der Waals surface area contributed by atoms with Crippen molar-refractivity contribution >= 4 is 23.7 Å². The van der Waals surface area contributed by atoms with Crippen LogP contribution < -0.4 is 4.90 Å². The first kappa shape index (κ1) is 14.2. The normalized spacial score (nSPS) is 19.5. The maximum absolute atomic E-state index is 11.2. The van der Waals surface area contributed by atoms with Gasteiger partial charge in [0.25, 0.3) is 0 Å². The molecule has 1 aliphatic heterocycles. The molecule has 0 saturated carbocycles. The minimum absolute atomic E-state index is 0.187. The number of piperidine rings is 1. The lowest BCUT2D eigenvalue weighted by molar-refractivity contribution is 0.0524. The number of halogens is 1. The summed E-state index contributed by atoms with van der Waals surface area (Å²) in [6.45, 7) is 6.05. The summed E-state index contributed by atoms with van der Waals surface area (Å²) in [5, 5.41) is 0.219. The van der Waals surface area contributed by atoms with Gasteiger partial charge in [0.1, 0.15) is 16.8 Å². The van der Waals surface area contributed by atoms with Crippen molar-refractivity contribution < 1.29 is 9.53 Å². The molecule has 0 radical (unpaired) electrons. The van der Waals surface area contributed by atoms with Crippen molar-refractivity contribution in [1.29, 1.82) is 0 Å². The molecule has 1 aromatic heterocycles. The van der Waals surface area contributed by atoms with Gasteiger partial charge in [-0.05, 0) is 26.7 Å². The van der Waals surface area contributed by atoms with Crippen LogP contribution in [0.3, 0.4) is 0 Å². The molecule has 1 aliphatic rings. The average molecular weight is 284 g/mol. The predicted molar refractivity (Wildman–Crippen MR) is 74.0 cm³/mol. The van der Waals surface area contributed by atoms with Gasteiger partial charge in [0.2, 0.25) is 0 Å². The number of nitrogens with zero attached hydrogens (tertiary/aromatic N) is 3. The molecule has 0 bridgehead atoms. The molecular weight excluding hydrogens is 266 g/mol. The summed E-state index contributed by atoms with van der Waals surface area (Å²) in [6.07, 6.45) is 2.97. The molecule has 0 N–H and O–H groups in total. The molecule has 0 spiro atoms. The monoisotopic (exact) mass is 283 g/mol. The molecule has 2 rings (SSSR count). The van der Waals surface area contributed by atoms with Crippen molar-refractivity contribution in [3.05, 3.63) is 16.5 Å². The Labute approximate surface area is 117 Å². The predicted octanol–water partition coefficient (Wildman–Crippen LogP) is 2.26. The Bertz CT molecular complexity index is 465. The van der Waals surface area contributed by atoms with Crippen LogP contribution in [0.4, 0.5) is 5.82 Å². The lowest BCUT2D eigenvalue weighted by Gasteiger charge is -2.34. The highest BCUT2D eigenvalue weighted by Crippen LogP contribution is 2.26. The number of hydrogen-bond donors (Lipinski definition) is 0. The first-order valence-electron chi connectivity index (χ1n) is 6.51. The number of anilines is 1. The first-order chi connectivity index (χ1) is 9.15. The Morgan fingerprint density at radius 2 is 2.32 bits per heavy atom. The minimum Gasteiger partial charge on any atom is -0.377 e. The largest absolute Gasteiger partial charge is 0.377 e. The fourth-order valence-corrected chi connectivity index (χ4v) is 2.63. The highest BCUT2D eigenvalue weighted by Gasteiger charge is 2.24. The topological polar surface area (TPSA) is 55.3 Å². The number of hydrogen-bond acceptors (Lipinski definition) is 5. The van der Waals surface area contributed by atoms with Crippen molar-refractivity contribution in [2.24, 2.45) is 0 Å². The van der Waals surface area contributed by atoms with E-state index in [-0.39, 0.29) is 11.3 Å². The quantitative estimate of drug-likeness (QED) is 0.627. The number of aryl methyl sites for hydroxylation is 1. The highest BCUT2D eigenvalue weighted by molar-refractivity contribution is 6.32. The molecule has 1 unspecified atom stereocenters. The van der Waals surface area contributed by atoms with E-state index in [0.29, 0.717) is 23.8 Å². The lowest BCUT2D eigenvalue weighted by Crippen LogP contribution is -2.40. The third-order valence-corrected chi connectivity index (χ3v) is 3.48. The summed E-state index contributed by atoms with van der Waals surface area (Å²) in [7, 11) is 0. The number of ether oxygens (including phenoxy) is 1. The number of aromatic nitrogens is 2. The van der Waals surface area contributed by atoms with Crippen molar-refractivity contribution in [3.8, 4) is 0 Å². The third-order valence-electron chi connectivity index (χ3n) is 3.19. The molecule has 0 aromatic carbocycles. The highest BCUT2D eigenvalue weighted by atomic mass is 35.5. The zero-order valence-corrected chi connectivity index (χ0v) is 12.0. The fraction of sp³-hybridized carbons (Fsp3) is 0.615. The second-order valence-electron chi connectivity index (χ2n) is 4.58. The van der Waals surface area contributed by atoms with E-state index in [4.69, 9.17) is 16.3 Å². The first-order valence-corrected chi connectivity index (χ1v) is 6.89. The van der Waals surface area contributed by atoms with E-state index in [1.54, 1.807) is 6.92 Å². The SMILES string of the molecule is CCOC1CCCN(c2nc(C)nc(Cl)c2C=O)C1. The van der Waals surface area contributed by atoms with E-state index in [0.717, 1.165) is 32.2 Å². The summed E-state index contributed by atoms with van der Waals surface area (Å²) >= 11 is 6.01. The van der Waals surface area contributed by atoms with Crippen molar-refractivity contribution in [2.75, 3.05) is 24.6 Å². The van der Waals surface area contributed by atoms with Gasteiger partial charge in [0.05, 0.1) is 11.7 Å². The minimum atomic E-state index is 0.187. The van der Waals surface area contributed by atoms with E-state index in [1.165, 1.54) is 0 Å². The second-order valence-corrected chi connectivity index (χ2v) is 4.94. The summed E-state index contributed by atoms with van der Waals surface area (Å²) < 4.78 is 5.66. The van der Waals surface area contributed by atoms with Gasteiger partial charge in [-0.25, -0.2) is 9.97 Å². The second kappa shape index (κ2) is 6.30. The summed E-state index contributed by atoms with van der Waals surface area (Å²) in [5.41, 5.74) is 0.365. The third kappa shape index (κ3) is 3.22. The van der Waals surface area contributed by atoms with Crippen molar-refractivity contribution in [2.45, 2.75) is 32.8 Å². The maximum atomic E-state index is 11.2. The molecule has 104 valence electrons. The number of rotatable bonds is 4. The number of carbonyl (C=O) groups is 1. The van der Waals surface area contributed by atoms with Crippen LogP contribution in [-0.2, 0) is 4.74 Å². The molecule has 1 atom stereocenters. The van der Waals surface area contributed by atoms with Crippen LogP contribution in [-0.4, -0.2) is 42.1 Å². The maximum Gasteiger partial charge on any atom is 0.156 e. The van der Waals surface area contributed by atoms with Gasteiger partial charge in [0, 0.05) is 19.7 Å². The van der Waals surface area contributed by atoms with Crippen LogP contribution in [0.2, 0.25) is 5.15 Å². The van der Waals surface area contributed by atoms with Crippen LogP contribution in [0.5, 0.6) is 0 Å². The zero-order chi connectivity index (χ0) is 13.8. The molecule has 6 heteroatoms. The Hall–Kier alpha value is -1.20. The van der Waals surface area contributed by atoms with E-state index in [1.807, 2.05) is 6.92 Å². The molecule has 1 aromatic rings. The molecule has 5 nitrogen and oxygen atoms in total. The summed E-state index contributed by atoms with van der Waals surface area (Å²) in [6, 6.07) is 0.